The minimum Gasteiger partial charge on any atom is -0.360 e. The van der Waals surface area contributed by atoms with E-state index in [1.165, 1.54) is 0 Å². The van der Waals surface area contributed by atoms with Gasteiger partial charge in [-0.05, 0) is 0 Å². The van der Waals surface area contributed by atoms with Crippen molar-refractivity contribution in [1.82, 2.24) is 0 Å². The van der Waals surface area contributed by atoms with Crippen molar-refractivity contribution in [1.29, 1.82) is 0 Å². The number of hydrogen-bond acceptors (Lipinski definition) is 10. The predicted molar refractivity (Wildman–Crippen MR) is 130 cm³/mol. The van der Waals surface area contributed by atoms with E-state index in [-0.39, 0.29) is 66.0 Å². The summed E-state index contributed by atoms with van der Waals surface area (Å²) in [5.74, 6) is 0. The van der Waals surface area contributed by atoms with Gasteiger partial charge < -0.3 is 9.80 Å². The van der Waals surface area contributed by atoms with E-state index in [0.717, 1.165) is 33.5 Å². The summed E-state index contributed by atoms with van der Waals surface area (Å²) in [5, 5.41) is 25.6. The molecule has 0 amide bonds. The van der Waals surface area contributed by atoms with E-state index in [0.29, 0.717) is 0 Å². The lowest BCUT2D eigenvalue weighted by Gasteiger charge is -2.36. The Labute approximate surface area is 204 Å². The molecule has 0 aromatic carbocycles. The third kappa shape index (κ3) is 4.47. The first-order valence-electron chi connectivity index (χ1n) is 8.61. The van der Waals surface area contributed by atoms with E-state index in [1.807, 2.05) is 0 Å². The molecule has 0 saturated carbocycles. The fraction of sp³-hybridized carbons (Fsp3) is 0.250. The lowest BCUT2D eigenvalue weighted by molar-refractivity contribution is -0.386. The SMILES string of the molecule is C=CS(=O)c1sc(Cl)c(N2CCN(c3c(Cl)sc(S(=O)C=C)c3[N+](=O)[O-])CC2)c1[N+](=O)[O-]. The van der Waals surface area contributed by atoms with Gasteiger partial charge in [0, 0.05) is 37.0 Å². The predicted octanol–water partition coefficient (Wildman–Crippen LogP) is 4.76. The van der Waals surface area contributed by atoms with Crippen LogP contribution in [0.4, 0.5) is 22.7 Å². The van der Waals surface area contributed by atoms with E-state index in [1.54, 1.807) is 9.80 Å². The molecular formula is C16H14Cl2N4O6S4. The number of rotatable bonds is 8. The minimum atomic E-state index is -1.78. The van der Waals surface area contributed by atoms with Crippen molar-refractivity contribution in [3.05, 3.63) is 52.9 Å². The van der Waals surface area contributed by atoms with Crippen LogP contribution in [0.15, 0.2) is 32.4 Å². The number of piperazine rings is 1. The molecule has 32 heavy (non-hydrogen) atoms. The second kappa shape index (κ2) is 9.97. The lowest BCUT2D eigenvalue weighted by Crippen LogP contribution is -2.46. The van der Waals surface area contributed by atoms with Gasteiger partial charge in [0.25, 0.3) is 0 Å². The van der Waals surface area contributed by atoms with Crippen LogP contribution in [-0.2, 0) is 21.6 Å². The Hall–Kier alpha value is -1.84. The number of nitro groups is 2. The zero-order valence-electron chi connectivity index (χ0n) is 16.0. The molecule has 0 aliphatic carbocycles. The lowest BCUT2D eigenvalue weighted by atomic mass is 10.2. The highest BCUT2D eigenvalue weighted by molar-refractivity contribution is 7.90. The number of halogens is 2. The van der Waals surface area contributed by atoms with Gasteiger partial charge in [0.15, 0.2) is 8.42 Å². The van der Waals surface area contributed by atoms with Crippen molar-refractivity contribution < 1.29 is 18.3 Å². The largest absolute Gasteiger partial charge is 0.360 e. The Morgan fingerprint density at radius 1 is 0.812 bits per heavy atom. The summed E-state index contributed by atoms with van der Waals surface area (Å²) >= 11 is 14.2. The standard InChI is InChI=1S/C16H14Cl2N4O6S4/c1-3-31(27)15-11(21(23)24)9(13(17)29-15)19-5-7-20(8-6-19)10-12(22(25)26)16(30-14(10)18)32(28)4-2/h3-4H,1-2,5-8H2. The molecular weight excluding hydrogens is 543 g/mol. The van der Waals surface area contributed by atoms with E-state index in [4.69, 9.17) is 23.2 Å². The van der Waals surface area contributed by atoms with Crippen LogP contribution in [0.1, 0.15) is 0 Å². The molecule has 0 radical (unpaired) electrons. The van der Waals surface area contributed by atoms with Crippen molar-refractivity contribution in [2.75, 3.05) is 36.0 Å². The van der Waals surface area contributed by atoms with Gasteiger partial charge in [-0.3, -0.25) is 20.2 Å². The van der Waals surface area contributed by atoms with Gasteiger partial charge in [0.1, 0.15) is 20.0 Å². The summed E-state index contributed by atoms with van der Waals surface area (Å²) in [5.41, 5.74) is -0.360. The van der Waals surface area contributed by atoms with E-state index in [9.17, 15) is 28.6 Å². The van der Waals surface area contributed by atoms with Crippen molar-refractivity contribution in [2.45, 2.75) is 8.42 Å². The van der Waals surface area contributed by atoms with E-state index in [2.05, 4.69) is 13.2 Å². The highest BCUT2D eigenvalue weighted by atomic mass is 35.5. The van der Waals surface area contributed by atoms with Crippen LogP contribution in [0.5, 0.6) is 0 Å². The maximum absolute atomic E-state index is 12.1. The molecule has 16 heteroatoms. The van der Waals surface area contributed by atoms with Crippen molar-refractivity contribution >= 4 is 90.2 Å². The summed E-state index contributed by atoms with van der Waals surface area (Å²) in [7, 11) is -3.55. The number of nitrogens with zero attached hydrogens (tertiary/aromatic N) is 4. The third-order valence-corrected chi connectivity index (χ3v) is 10.0. The Kier molecular flexibility index (Phi) is 7.73. The van der Waals surface area contributed by atoms with Crippen LogP contribution in [0, 0.1) is 20.2 Å². The van der Waals surface area contributed by atoms with Crippen LogP contribution < -0.4 is 9.80 Å². The Morgan fingerprint density at radius 3 is 1.38 bits per heavy atom. The maximum Gasteiger partial charge on any atom is 0.321 e. The minimum absolute atomic E-state index is 0.000456. The summed E-state index contributed by atoms with van der Waals surface area (Å²) in [6.07, 6.45) is 0. The molecule has 1 aliphatic rings. The molecule has 3 rings (SSSR count). The molecule has 1 fully saturated rings. The van der Waals surface area contributed by atoms with Gasteiger partial charge in [-0.1, -0.05) is 36.4 Å². The van der Waals surface area contributed by atoms with Gasteiger partial charge in [0.05, 0.1) is 31.4 Å². The molecule has 0 spiro atoms. The zero-order valence-corrected chi connectivity index (χ0v) is 20.8. The molecule has 1 aliphatic heterocycles. The second-order valence-corrected chi connectivity index (χ2v) is 12.6. The second-order valence-electron chi connectivity index (χ2n) is 6.14. The first-order valence-corrected chi connectivity index (χ1v) is 13.4. The van der Waals surface area contributed by atoms with E-state index >= 15 is 0 Å². The number of thiophene rings is 2. The molecule has 0 N–H and O–H groups in total. The molecule has 2 aromatic rings. The summed E-state index contributed by atoms with van der Waals surface area (Å²) in [4.78, 5) is 25.5. The summed E-state index contributed by atoms with van der Waals surface area (Å²) in [6.45, 7) is 7.77. The first-order chi connectivity index (χ1) is 15.1. The molecule has 3 heterocycles. The summed E-state index contributed by atoms with van der Waals surface area (Å²) < 4.78 is 24.5. The third-order valence-electron chi connectivity index (χ3n) is 4.52. The van der Waals surface area contributed by atoms with Crippen molar-refractivity contribution in [3.8, 4) is 0 Å². The van der Waals surface area contributed by atoms with Gasteiger partial charge in [-0.2, -0.15) is 0 Å². The monoisotopic (exact) mass is 556 g/mol. The fourth-order valence-corrected chi connectivity index (χ4v) is 8.44. The molecule has 1 saturated heterocycles. The van der Waals surface area contributed by atoms with Gasteiger partial charge >= 0.3 is 11.4 Å². The molecule has 172 valence electrons. The van der Waals surface area contributed by atoms with Crippen molar-refractivity contribution in [2.24, 2.45) is 0 Å². The van der Waals surface area contributed by atoms with Crippen LogP contribution in [0.2, 0.25) is 8.67 Å². The maximum atomic E-state index is 12.1. The highest BCUT2D eigenvalue weighted by Crippen LogP contribution is 2.49. The van der Waals surface area contributed by atoms with Crippen molar-refractivity contribution in [3.63, 3.8) is 0 Å². The quantitative estimate of drug-likeness (QED) is 0.336. The highest BCUT2D eigenvalue weighted by Gasteiger charge is 2.37. The van der Waals surface area contributed by atoms with Crippen LogP contribution in [-0.4, -0.2) is 44.4 Å². The van der Waals surface area contributed by atoms with Gasteiger partial charge in [0.2, 0.25) is 0 Å². The Bertz CT molecular complexity index is 1080. The smallest absolute Gasteiger partial charge is 0.321 e. The van der Waals surface area contributed by atoms with Gasteiger partial charge in [-0.25, -0.2) is 8.42 Å². The fourth-order valence-electron chi connectivity index (χ4n) is 3.18. The van der Waals surface area contributed by atoms with E-state index < -0.39 is 31.4 Å². The topological polar surface area (TPSA) is 127 Å². The Balaban J connectivity index is 1.94. The van der Waals surface area contributed by atoms with Gasteiger partial charge in [-0.15, -0.1) is 22.7 Å². The summed E-state index contributed by atoms with van der Waals surface area (Å²) in [6, 6.07) is 0. The zero-order chi connectivity index (χ0) is 23.7. The van der Waals surface area contributed by atoms with Crippen LogP contribution in [0.25, 0.3) is 0 Å². The number of hydrogen-bond donors (Lipinski definition) is 0. The normalized spacial score (nSPS) is 15.9. The molecule has 2 aromatic heterocycles. The average molecular weight is 557 g/mol. The molecule has 2 atom stereocenters. The molecule has 2 unspecified atom stereocenters. The molecule has 10 nitrogen and oxygen atoms in total. The van der Waals surface area contributed by atoms with Crippen LogP contribution in [0.3, 0.4) is 0 Å². The molecule has 0 bridgehead atoms. The first kappa shape index (κ1) is 24.8. The van der Waals surface area contributed by atoms with Crippen LogP contribution >= 0.6 is 45.9 Å². The Morgan fingerprint density at radius 2 is 1.12 bits per heavy atom. The number of anilines is 2. The average Bonchev–Trinajstić information content (AvgIpc) is 3.30.